The van der Waals surface area contributed by atoms with Crippen LogP contribution in [0.25, 0.3) is 0 Å². The van der Waals surface area contributed by atoms with Gasteiger partial charge in [-0.05, 0) is 40.5 Å². The number of hydrogen-bond acceptors (Lipinski definition) is 6. The Bertz CT molecular complexity index is 640. The number of anilines is 1. The highest BCUT2D eigenvalue weighted by Gasteiger charge is 2.52. The first-order valence-electron chi connectivity index (χ1n) is 9.00. The molecular formula is C17H26BClN4O3. The molecular weight excluding hydrogens is 354 g/mol. The highest BCUT2D eigenvalue weighted by molar-refractivity contribution is 6.61. The van der Waals surface area contributed by atoms with Crippen LogP contribution in [-0.2, 0) is 14.1 Å². The molecule has 0 unspecified atom stereocenters. The molecule has 1 N–H and O–H groups in total. The van der Waals surface area contributed by atoms with Crippen LogP contribution in [-0.4, -0.2) is 59.2 Å². The van der Waals surface area contributed by atoms with Crippen molar-refractivity contribution in [3.8, 4) is 0 Å². The Morgan fingerprint density at radius 2 is 1.92 bits per heavy atom. The minimum atomic E-state index is -0.466. The van der Waals surface area contributed by atoms with Crippen molar-refractivity contribution in [3.05, 3.63) is 12.4 Å². The molecule has 0 bridgehead atoms. The summed E-state index contributed by atoms with van der Waals surface area (Å²) in [6, 6.07) is 0.185. The molecule has 0 saturated carbocycles. The highest BCUT2D eigenvalue weighted by atomic mass is 35.5. The molecule has 3 rings (SSSR count). The lowest BCUT2D eigenvalue weighted by atomic mass is 9.81. The van der Waals surface area contributed by atoms with E-state index in [2.05, 4.69) is 20.2 Å². The van der Waals surface area contributed by atoms with Crippen LogP contribution >= 0.6 is 11.6 Å². The zero-order valence-corrected chi connectivity index (χ0v) is 16.5. The standard InChI is InChI=1S/C17H26BClN4O3/c1-16(2)17(3,4)26-18(25-16)12-9-21-15(22-10-12)23-7-5-6-13(23)11-20-14(24)8-19/h9-10,13H,5-8,11H2,1-4H3,(H,20,24)/t13-/m0/s1. The third-order valence-corrected chi connectivity index (χ3v) is 5.72. The lowest BCUT2D eigenvalue weighted by molar-refractivity contribution is -0.118. The molecule has 1 aromatic heterocycles. The molecule has 26 heavy (non-hydrogen) atoms. The third kappa shape index (κ3) is 3.82. The summed E-state index contributed by atoms with van der Waals surface area (Å²) in [7, 11) is -0.466. The van der Waals surface area contributed by atoms with Gasteiger partial charge in [0.25, 0.3) is 0 Å². The van der Waals surface area contributed by atoms with E-state index in [4.69, 9.17) is 20.9 Å². The van der Waals surface area contributed by atoms with E-state index in [0.29, 0.717) is 12.5 Å². The van der Waals surface area contributed by atoms with Gasteiger partial charge in [-0.25, -0.2) is 9.97 Å². The van der Waals surface area contributed by atoms with Crippen LogP contribution in [0.5, 0.6) is 0 Å². The van der Waals surface area contributed by atoms with Gasteiger partial charge < -0.3 is 19.5 Å². The van der Waals surface area contributed by atoms with E-state index in [1.54, 1.807) is 12.4 Å². The lowest BCUT2D eigenvalue weighted by Crippen LogP contribution is -2.42. The van der Waals surface area contributed by atoms with Gasteiger partial charge in [0.1, 0.15) is 5.88 Å². The number of aromatic nitrogens is 2. The average Bonchev–Trinajstić information content (AvgIpc) is 3.15. The summed E-state index contributed by atoms with van der Waals surface area (Å²) in [5.74, 6) is 0.481. The van der Waals surface area contributed by atoms with Crippen molar-refractivity contribution in [1.82, 2.24) is 15.3 Å². The Hall–Kier alpha value is -1.38. The molecule has 3 heterocycles. The third-order valence-electron chi connectivity index (χ3n) is 5.47. The van der Waals surface area contributed by atoms with Crippen molar-refractivity contribution in [2.24, 2.45) is 0 Å². The van der Waals surface area contributed by atoms with Crippen molar-refractivity contribution in [3.63, 3.8) is 0 Å². The molecule has 1 amide bonds. The topological polar surface area (TPSA) is 76.6 Å². The largest absolute Gasteiger partial charge is 0.498 e. The van der Waals surface area contributed by atoms with E-state index in [-0.39, 0.29) is 17.8 Å². The summed E-state index contributed by atoms with van der Waals surface area (Å²) in [6.45, 7) is 9.50. The van der Waals surface area contributed by atoms with E-state index in [9.17, 15) is 4.79 Å². The van der Waals surface area contributed by atoms with E-state index in [1.807, 2.05) is 27.7 Å². The van der Waals surface area contributed by atoms with Crippen LogP contribution in [0.4, 0.5) is 5.95 Å². The van der Waals surface area contributed by atoms with Gasteiger partial charge in [0.2, 0.25) is 11.9 Å². The van der Waals surface area contributed by atoms with Crippen LogP contribution < -0.4 is 15.7 Å². The molecule has 2 saturated heterocycles. The normalized spacial score (nSPS) is 24.1. The Kier molecular flexibility index (Phi) is 5.46. The predicted molar refractivity (Wildman–Crippen MR) is 102 cm³/mol. The number of carbonyl (C=O) groups excluding carboxylic acids is 1. The fourth-order valence-electron chi connectivity index (χ4n) is 3.17. The fourth-order valence-corrected chi connectivity index (χ4v) is 3.26. The molecule has 0 radical (unpaired) electrons. The minimum Gasteiger partial charge on any atom is -0.399 e. The average molecular weight is 381 g/mol. The Labute approximate surface area is 159 Å². The van der Waals surface area contributed by atoms with Gasteiger partial charge in [-0.1, -0.05) is 0 Å². The Morgan fingerprint density at radius 3 is 2.50 bits per heavy atom. The van der Waals surface area contributed by atoms with Crippen molar-refractivity contribution in [2.75, 3.05) is 23.9 Å². The van der Waals surface area contributed by atoms with Gasteiger partial charge in [-0.15, -0.1) is 11.6 Å². The number of carbonyl (C=O) groups is 1. The molecule has 2 fully saturated rings. The smallest absolute Gasteiger partial charge is 0.399 e. The van der Waals surface area contributed by atoms with E-state index in [1.165, 1.54) is 0 Å². The zero-order valence-electron chi connectivity index (χ0n) is 15.8. The van der Waals surface area contributed by atoms with Crippen LogP contribution in [0.1, 0.15) is 40.5 Å². The van der Waals surface area contributed by atoms with Gasteiger partial charge >= 0.3 is 7.12 Å². The van der Waals surface area contributed by atoms with Crippen LogP contribution in [0.3, 0.4) is 0 Å². The second kappa shape index (κ2) is 7.33. The Balaban J connectivity index is 1.67. The fraction of sp³-hybridized carbons (Fsp3) is 0.706. The maximum absolute atomic E-state index is 11.4. The van der Waals surface area contributed by atoms with Gasteiger partial charge in [-0.3, -0.25) is 4.79 Å². The van der Waals surface area contributed by atoms with Crippen LogP contribution in [0.15, 0.2) is 12.4 Å². The molecule has 142 valence electrons. The number of amides is 1. The quantitative estimate of drug-likeness (QED) is 0.609. The molecule has 0 spiro atoms. The summed E-state index contributed by atoms with van der Waals surface area (Å²) in [5, 5.41) is 2.84. The number of hydrogen-bond donors (Lipinski definition) is 1. The van der Waals surface area contributed by atoms with Crippen molar-refractivity contribution < 1.29 is 14.1 Å². The molecule has 2 aliphatic rings. The molecule has 0 aliphatic carbocycles. The van der Waals surface area contributed by atoms with E-state index < -0.39 is 18.3 Å². The SMILES string of the molecule is CC1(C)OB(c2cnc(N3CCC[C@H]3CNC(=O)CCl)nc2)OC1(C)C. The molecule has 1 atom stereocenters. The van der Waals surface area contributed by atoms with Gasteiger partial charge in [0.15, 0.2) is 0 Å². The summed E-state index contributed by atoms with van der Waals surface area (Å²) in [4.78, 5) is 22.5. The van der Waals surface area contributed by atoms with E-state index >= 15 is 0 Å². The number of halogens is 1. The minimum absolute atomic E-state index is 0.0218. The lowest BCUT2D eigenvalue weighted by Gasteiger charge is -2.32. The van der Waals surface area contributed by atoms with E-state index in [0.717, 1.165) is 24.8 Å². The summed E-state index contributed by atoms with van der Waals surface area (Å²) >= 11 is 5.54. The van der Waals surface area contributed by atoms with Crippen LogP contribution in [0, 0.1) is 0 Å². The van der Waals surface area contributed by atoms with Gasteiger partial charge in [0, 0.05) is 37.0 Å². The predicted octanol–water partition coefficient (Wildman–Crippen LogP) is 1.10. The number of nitrogens with zero attached hydrogens (tertiary/aromatic N) is 3. The monoisotopic (exact) mass is 380 g/mol. The molecule has 2 aliphatic heterocycles. The summed E-state index contributed by atoms with van der Waals surface area (Å²) in [6.07, 6.45) is 5.56. The first kappa shape index (κ1) is 19.4. The van der Waals surface area contributed by atoms with Crippen LogP contribution in [0.2, 0.25) is 0 Å². The van der Waals surface area contributed by atoms with Crippen molar-refractivity contribution in [1.29, 1.82) is 0 Å². The number of nitrogens with one attached hydrogen (secondary N) is 1. The molecule has 7 nitrogen and oxygen atoms in total. The molecule has 1 aromatic rings. The summed E-state index contributed by atoms with van der Waals surface area (Å²) in [5.41, 5.74) is 0.0205. The number of alkyl halides is 1. The zero-order chi connectivity index (χ0) is 18.9. The molecule has 9 heteroatoms. The first-order chi connectivity index (χ1) is 12.2. The second-order valence-corrected chi connectivity index (χ2v) is 8.10. The maximum Gasteiger partial charge on any atom is 0.498 e. The van der Waals surface area contributed by atoms with Crippen molar-refractivity contribution in [2.45, 2.75) is 57.8 Å². The van der Waals surface area contributed by atoms with Crippen molar-refractivity contribution >= 4 is 36.0 Å². The number of rotatable bonds is 5. The van der Waals surface area contributed by atoms with Gasteiger partial charge in [-0.2, -0.15) is 0 Å². The van der Waals surface area contributed by atoms with Gasteiger partial charge in [0.05, 0.1) is 11.2 Å². The summed E-state index contributed by atoms with van der Waals surface area (Å²) < 4.78 is 12.1. The Morgan fingerprint density at radius 1 is 1.31 bits per heavy atom. The second-order valence-electron chi connectivity index (χ2n) is 7.83. The maximum atomic E-state index is 11.4. The first-order valence-corrected chi connectivity index (χ1v) is 9.54. The molecule has 0 aromatic carbocycles. The highest BCUT2D eigenvalue weighted by Crippen LogP contribution is 2.36.